The van der Waals surface area contributed by atoms with Crippen LogP contribution < -0.4 is 5.32 Å². The van der Waals surface area contributed by atoms with Crippen LogP contribution in [0.1, 0.15) is 38.0 Å². The van der Waals surface area contributed by atoms with Gasteiger partial charge in [0.1, 0.15) is 0 Å². The van der Waals surface area contributed by atoms with E-state index < -0.39 is 0 Å². The summed E-state index contributed by atoms with van der Waals surface area (Å²) in [4.78, 5) is 1.52. The van der Waals surface area contributed by atoms with Crippen LogP contribution >= 0.6 is 27.3 Å². The van der Waals surface area contributed by atoms with Gasteiger partial charge in [-0.25, -0.2) is 0 Å². The number of thiophene rings is 1. The molecule has 0 saturated heterocycles. The van der Waals surface area contributed by atoms with Gasteiger partial charge in [0.15, 0.2) is 0 Å². The summed E-state index contributed by atoms with van der Waals surface area (Å²) in [6, 6.07) is 2.94. The van der Waals surface area contributed by atoms with E-state index in [9.17, 15) is 0 Å². The first-order valence-electron chi connectivity index (χ1n) is 6.12. The SMILES string of the molecule is CCCNC(C)C1(Cc2cc(Br)cs2)CC1. The van der Waals surface area contributed by atoms with Gasteiger partial charge in [0.05, 0.1) is 0 Å². The van der Waals surface area contributed by atoms with E-state index in [1.54, 1.807) is 0 Å². The second-order valence-corrected chi connectivity index (χ2v) is 6.86. The van der Waals surface area contributed by atoms with E-state index in [2.05, 4.69) is 46.5 Å². The first kappa shape index (κ1) is 12.6. The lowest BCUT2D eigenvalue weighted by Crippen LogP contribution is -2.36. The van der Waals surface area contributed by atoms with Gasteiger partial charge in [-0.15, -0.1) is 11.3 Å². The Morgan fingerprint density at radius 3 is 2.81 bits per heavy atom. The van der Waals surface area contributed by atoms with Gasteiger partial charge in [-0.1, -0.05) is 6.92 Å². The number of hydrogen-bond donors (Lipinski definition) is 1. The molecule has 16 heavy (non-hydrogen) atoms. The molecule has 0 radical (unpaired) electrons. The topological polar surface area (TPSA) is 12.0 Å². The van der Waals surface area contributed by atoms with Crippen LogP contribution in [0.2, 0.25) is 0 Å². The van der Waals surface area contributed by atoms with E-state index in [0.717, 1.165) is 6.54 Å². The maximum absolute atomic E-state index is 3.66. The number of nitrogens with one attached hydrogen (secondary N) is 1. The van der Waals surface area contributed by atoms with E-state index in [4.69, 9.17) is 0 Å². The van der Waals surface area contributed by atoms with Crippen molar-refractivity contribution in [1.82, 2.24) is 5.32 Å². The van der Waals surface area contributed by atoms with Crippen LogP contribution in [-0.2, 0) is 6.42 Å². The van der Waals surface area contributed by atoms with Crippen LogP contribution in [0.15, 0.2) is 15.9 Å². The molecule has 90 valence electrons. The van der Waals surface area contributed by atoms with Crippen LogP contribution in [0.4, 0.5) is 0 Å². The van der Waals surface area contributed by atoms with Crippen molar-refractivity contribution in [1.29, 1.82) is 0 Å². The van der Waals surface area contributed by atoms with Gasteiger partial charge in [-0.2, -0.15) is 0 Å². The molecule has 0 aromatic carbocycles. The Bertz CT molecular complexity index is 343. The molecular formula is C13H20BrNS. The Labute approximate surface area is 111 Å². The lowest BCUT2D eigenvalue weighted by atomic mass is 9.93. The molecule has 1 aromatic heterocycles. The highest BCUT2D eigenvalue weighted by Gasteiger charge is 2.47. The summed E-state index contributed by atoms with van der Waals surface area (Å²) in [7, 11) is 0. The third kappa shape index (κ3) is 2.88. The first-order chi connectivity index (χ1) is 7.66. The van der Waals surface area contributed by atoms with Crippen molar-refractivity contribution in [3.8, 4) is 0 Å². The lowest BCUT2D eigenvalue weighted by molar-refractivity contribution is 0.352. The minimum Gasteiger partial charge on any atom is -0.314 e. The summed E-state index contributed by atoms with van der Waals surface area (Å²) in [5.74, 6) is 0. The Morgan fingerprint density at radius 2 is 2.31 bits per heavy atom. The minimum absolute atomic E-state index is 0.555. The third-order valence-electron chi connectivity index (χ3n) is 3.66. The van der Waals surface area contributed by atoms with E-state index >= 15 is 0 Å². The van der Waals surface area contributed by atoms with Gasteiger partial charge in [-0.05, 0) is 66.6 Å². The Kier molecular flexibility index (Phi) is 4.09. The zero-order valence-corrected chi connectivity index (χ0v) is 12.5. The van der Waals surface area contributed by atoms with Crippen molar-refractivity contribution in [3.05, 3.63) is 20.8 Å². The second-order valence-electron chi connectivity index (χ2n) is 4.95. The zero-order chi connectivity index (χ0) is 11.6. The highest BCUT2D eigenvalue weighted by atomic mass is 79.9. The molecular weight excluding hydrogens is 282 g/mol. The standard InChI is InChI=1S/C13H20BrNS/c1-3-6-15-10(2)13(4-5-13)8-12-7-11(14)9-16-12/h7,9-10,15H,3-6,8H2,1-2H3. The Morgan fingerprint density at radius 1 is 1.56 bits per heavy atom. The third-order valence-corrected chi connectivity index (χ3v) is 5.36. The summed E-state index contributed by atoms with van der Waals surface area (Å²) >= 11 is 5.42. The maximum atomic E-state index is 3.66. The smallest absolute Gasteiger partial charge is 0.0285 e. The van der Waals surface area contributed by atoms with E-state index in [1.165, 1.54) is 35.0 Å². The lowest BCUT2D eigenvalue weighted by Gasteiger charge is -2.24. The summed E-state index contributed by atoms with van der Waals surface area (Å²) in [5.41, 5.74) is 0.555. The number of halogens is 1. The van der Waals surface area contributed by atoms with Crippen LogP contribution in [0, 0.1) is 5.41 Å². The fourth-order valence-corrected chi connectivity index (χ4v) is 3.90. The normalized spacial score (nSPS) is 19.7. The summed E-state index contributed by atoms with van der Waals surface area (Å²) in [5, 5.41) is 5.85. The monoisotopic (exact) mass is 301 g/mol. The molecule has 0 spiro atoms. The quantitative estimate of drug-likeness (QED) is 0.829. The molecule has 1 unspecified atom stereocenters. The number of rotatable bonds is 6. The zero-order valence-electron chi connectivity index (χ0n) is 10.1. The van der Waals surface area contributed by atoms with Gasteiger partial charge in [0, 0.05) is 20.8 Å². The predicted octanol–water partition coefficient (Wildman–Crippen LogP) is 4.22. The molecule has 1 aromatic rings. The van der Waals surface area contributed by atoms with Gasteiger partial charge in [0.25, 0.3) is 0 Å². The highest BCUT2D eigenvalue weighted by Crippen LogP contribution is 2.52. The molecule has 1 N–H and O–H groups in total. The molecule has 1 fully saturated rings. The molecule has 0 amide bonds. The van der Waals surface area contributed by atoms with E-state index in [0.29, 0.717) is 11.5 Å². The van der Waals surface area contributed by atoms with Crippen molar-refractivity contribution in [2.45, 2.75) is 45.6 Å². The first-order valence-corrected chi connectivity index (χ1v) is 7.80. The average molecular weight is 302 g/mol. The maximum Gasteiger partial charge on any atom is 0.0285 e. The largest absolute Gasteiger partial charge is 0.314 e. The molecule has 1 aliphatic rings. The Hall–Kier alpha value is 0.140. The van der Waals surface area contributed by atoms with Gasteiger partial charge < -0.3 is 5.32 Å². The van der Waals surface area contributed by atoms with Crippen molar-refractivity contribution >= 4 is 27.3 Å². The average Bonchev–Trinajstić information content (AvgIpc) is 2.93. The fraction of sp³-hybridized carbons (Fsp3) is 0.692. The minimum atomic E-state index is 0.555. The van der Waals surface area contributed by atoms with E-state index in [-0.39, 0.29) is 0 Å². The van der Waals surface area contributed by atoms with Crippen LogP contribution in [0.25, 0.3) is 0 Å². The molecule has 1 aliphatic carbocycles. The molecule has 1 nitrogen and oxygen atoms in total. The van der Waals surface area contributed by atoms with Gasteiger partial charge in [0.2, 0.25) is 0 Å². The Balaban J connectivity index is 1.92. The van der Waals surface area contributed by atoms with E-state index in [1.807, 2.05) is 11.3 Å². The summed E-state index contributed by atoms with van der Waals surface area (Å²) < 4.78 is 1.23. The van der Waals surface area contributed by atoms with Gasteiger partial charge >= 0.3 is 0 Å². The van der Waals surface area contributed by atoms with Crippen molar-refractivity contribution < 1.29 is 0 Å². The molecule has 1 saturated carbocycles. The van der Waals surface area contributed by atoms with Crippen LogP contribution in [0.5, 0.6) is 0 Å². The molecule has 3 heteroatoms. The molecule has 0 bridgehead atoms. The summed E-state index contributed by atoms with van der Waals surface area (Å²) in [6.45, 7) is 5.73. The fourth-order valence-electron chi connectivity index (χ4n) is 2.29. The van der Waals surface area contributed by atoms with Crippen molar-refractivity contribution in [3.63, 3.8) is 0 Å². The second kappa shape index (κ2) is 5.19. The van der Waals surface area contributed by atoms with Gasteiger partial charge in [-0.3, -0.25) is 0 Å². The number of hydrogen-bond acceptors (Lipinski definition) is 2. The molecule has 1 heterocycles. The molecule has 1 atom stereocenters. The van der Waals surface area contributed by atoms with Crippen LogP contribution in [0.3, 0.4) is 0 Å². The van der Waals surface area contributed by atoms with Crippen molar-refractivity contribution in [2.24, 2.45) is 5.41 Å². The highest BCUT2D eigenvalue weighted by molar-refractivity contribution is 9.10. The molecule has 2 rings (SSSR count). The van der Waals surface area contributed by atoms with Crippen molar-refractivity contribution in [2.75, 3.05) is 6.54 Å². The summed E-state index contributed by atoms with van der Waals surface area (Å²) in [6.07, 6.45) is 5.26. The predicted molar refractivity (Wildman–Crippen MR) is 75.1 cm³/mol. The van der Waals surface area contributed by atoms with Crippen LogP contribution in [-0.4, -0.2) is 12.6 Å². The molecule has 0 aliphatic heterocycles.